The fourth-order valence-corrected chi connectivity index (χ4v) is 2.12. The van der Waals surface area contributed by atoms with E-state index in [4.69, 9.17) is 5.73 Å². The van der Waals surface area contributed by atoms with Crippen molar-refractivity contribution >= 4 is 11.4 Å². The minimum absolute atomic E-state index is 0.00565. The van der Waals surface area contributed by atoms with Crippen molar-refractivity contribution in [1.82, 2.24) is 4.65 Å². The standard InChI is InChI=1S/C15H18N2O/c1-12-8-9-13(2)15(10-12)17(18,11-16)14-6-4-3-5-7-14/h3-10H,11,16H2,1-2H3. The smallest absolute Gasteiger partial charge is 0.142 e. The van der Waals surface area contributed by atoms with Gasteiger partial charge >= 0.3 is 0 Å². The number of quaternary nitrogens is 1. The summed E-state index contributed by atoms with van der Waals surface area (Å²) in [6.07, 6.45) is 0. The molecule has 2 rings (SSSR count). The summed E-state index contributed by atoms with van der Waals surface area (Å²) in [5.74, 6) is 0. The Morgan fingerprint density at radius 2 is 1.72 bits per heavy atom. The average molecular weight is 242 g/mol. The van der Waals surface area contributed by atoms with Crippen molar-refractivity contribution in [1.29, 1.82) is 0 Å². The van der Waals surface area contributed by atoms with Gasteiger partial charge in [0.25, 0.3) is 0 Å². The highest BCUT2D eigenvalue weighted by atomic mass is 16.5. The van der Waals surface area contributed by atoms with Crippen molar-refractivity contribution in [3.8, 4) is 0 Å². The van der Waals surface area contributed by atoms with E-state index in [-0.39, 0.29) is 6.67 Å². The van der Waals surface area contributed by atoms with E-state index in [1.165, 1.54) is 0 Å². The van der Waals surface area contributed by atoms with E-state index in [2.05, 4.69) is 0 Å². The molecule has 0 aromatic heterocycles. The van der Waals surface area contributed by atoms with Crippen LogP contribution in [-0.2, 0) is 0 Å². The molecule has 0 heterocycles. The minimum atomic E-state index is -0.617. The molecule has 0 saturated carbocycles. The Kier molecular flexibility index (Phi) is 3.48. The van der Waals surface area contributed by atoms with Gasteiger partial charge in [-0.15, -0.1) is 0 Å². The van der Waals surface area contributed by atoms with E-state index < -0.39 is 4.65 Å². The monoisotopic (exact) mass is 242 g/mol. The van der Waals surface area contributed by atoms with Gasteiger partial charge in [0.05, 0.1) is 0 Å². The second-order valence-corrected chi connectivity index (χ2v) is 4.55. The van der Waals surface area contributed by atoms with Crippen LogP contribution in [0.1, 0.15) is 11.1 Å². The molecule has 0 aliphatic rings. The molecule has 1 unspecified atom stereocenters. The topological polar surface area (TPSA) is 49.1 Å². The lowest BCUT2D eigenvalue weighted by atomic mass is 10.1. The largest absolute Gasteiger partial charge is 0.621 e. The highest BCUT2D eigenvalue weighted by Gasteiger charge is 2.23. The Morgan fingerprint density at radius 3 is 2.33 bits per heavy atom. The van der Waals surface area contributed by atoms with Gasteiger partial charge in [-0.05, 0) is 31.5 Å². The molecule has 0 fully saturated rings. The van der Waals surface area contributed by atoms with Crippen LogP contribution in [-0.4, -0.2) is 6.67 Å². The molecule has 0 radical (unpaired) electrons. The molecule has 3 heteroatoms. The van der Waals surface area contributed by atoms with Gasteiger partial charge in [-0.2, -0.15) is 0 Å². The Bertz CT molecular complexity index is 539. The summed E-state index contributed by atoms with van der Waals surface area (Å²) in [6.45, 7) is 3.92. The molecule has 18 heavy (non-hydrogen) atoms. The van der Waals surface area contributed by atoms with Crippen molar-refractivity contribution in [2.45, 2.75) is 13.8 Å². The van der Waals surface area contributed by atoms with E-state index in [1.807, 2.05) is 62.4 Å². The summed E-state index contributed by atoms with van der Waals surface area (Å²) in [6, 6.07) is 15.2. The number of nitrogens with two attached hydrogens (primary N) is 1. The molecule has 3 nitrogen and oxygen atoms in total. The zero-order chi connectivity index (χ0) is 13.2. The maximum Gasteiger partial charge on any atom is 0.142 e. The van der Waals surface area contributed by atoms with Crippen LogP contribution >= 0.6 is 0 Å². The number of hydrogen-bond acceptors (Lipinski definition) is 2. The molecule has 94 valence electrons. The van der Waals surface area contributed by atoms with Gasteiger partial charge in [-0.1, -0.05) is 30.3 Å². The predicted octanol–water partition coefficient (Wildman–Crippen LogP) is 3.36. The zero-order valence-electron chi connectivity index (χ0n) is 10.8. The van der Waals surface area contributed by atoms with Crippen LogP contribution in [0.5, 0.6) is 0 Å². The first-order valence-corrected chi connectivity index (χ1v) is 6.00. The molecule has 0 spiro atoms. The molecular weight excluding hydrogens is 224 g/mol. The number of nitrogens with zero attached hydrogens (tertiary/aromatic N) is 1. The molecule has 0 aliphatic carbocycles. The van der Waals surface area contributed by atoms with Crippen molar-refractivity contribution in [2.24, 2.45) is 5.73 Å². The third-order valence-corrected chi connectivity index (χ3v) is 3.18. The fraction of sp³-hybridized carbons (Fsp3) is 0.200. The van der Waals surface area contributed by atoms with Crippen LogP contribution in [0.2, 0.25) is 0 Å². The summed E-state index contributed by atoms with van der Waals surface area (Å²) in [5, 5.41) is 13.1. The van der Waals surface area contributed by atoms with Crippen LogP contribution in [0.15, 0.2) is 48.5 Å². The lowest BCUT2D eigenvalue weighted by Crippen LogP contribution is -2.43. The second-order valence-electron chi connectivity index (χ2n) is 4.55. The molecule has 2 aromatic rings. The van der Waals surface area contributed by atoms with Crippen LogP contribution in [0.4, 0.5) is 11.4 Å². The number of benzene rings is 2. The summed E-state index contributed by atoms with van der Waals surface area (Å²) in [7, 11) is 0. The van der Waals surface area contributed by atoms with E-state index in [9.17, 15) is 5.21 Å². The predicted molar refractivity (Wildman–Crippen MR) is 76.2 cm³/mol. The molecule has 1 atom stereocenters. The first kappa shape index (κ1) is 12.8. The Labute approximate surface area is 108 Å². The maximum atomic E-state index is 13.1. The summed E-state index contributed by atoms with van der Waals surface area (Å²) in [4.78, 5) is 0. The van der Waals surface area contributed by atoms with Crippen LogP contribution in [0.25, 0.3) is 0 Å². The Balaban J connectivity index is 2.60. The summed E-state index contributed by atoms with van der Waals surface area (Å²) < 4.78 is -0.617. The molecular formula is C15H18N2O. The fourth-order valence-electron chi connectivity index (χ4n) is 2.12. The highest BCUT2D eigenvalue weighted by molar-refractivity contribution is 5.63. The molecule has 0 saturated heterocycles. The molecule has 2 aromatic carbocycles. The SMILES string of the molecule is Cc1ccc(C)c([N+]([O-])(CN)c2ccccc2)c1. The van der Waals surface area contributed by atoms with E-state index in [1.54, 1.807) is 0 Å². The summed E-state index contributed by atoms with van der Waals surface area (Å²) in [5.41, 5.74) is 9.15. The minimum Gasteiger partial charge on any atom is -0.621 e. The normalized spacial score (nSPS) is 14.2. The van der Waals surface area contributed by atoms with Gasteiger partial charge in [-0.3, -0.25) is 10.4 Å². The number of rotatable bonds is 3. The number of hydrogen-bond donors (Lipinski definition) is 1. The van der Waals surface area contributed by atoms with Crippen LogP contribution < -0.4 is 10.4 Å². The number of hydroxylamine groups is 1. The van der Waals surface area contributed by atoms with Crippen molar-refractivity contribution in [3.63, 3.8) is 0 Å². The molecule has 2 N–H and O–H groups in total. The van der Waals surface area contributed by atoms with Crippen molar-refractivity contribution < 1.29 is 0 Å². The van der Waals surface area contributed by atoms with Crippen molar-refractivity contribution in [3.05, 3.63) is 64.9 Å². The molecule has 0 aliphatic heterocycles. The third-order valence-electron chi connectivity index (χ3n) is 3.18. The first-order chi connectivity index (χ1) is 8.58. The summed E-state index contributed by atoms with van der Waals surface area (Å²) >= 11 is 0. The Hall–Kier alpha value is -1.68. The number of para-hydroxylation sites is 1. The quantitative estimate of drug-likeness (QED) is 0.509. The lowest BCUT2D eigenvalue weighted by Gasteiger charge is -2.41. The van der Waals surface area contributed by atoms with Gasteiger partial charge < -0.3 is 5.21 Å². The van der Waals surface area contributed by atoms with Gasteiger partial charge in [0.2, 0.25) is 0 Å². The third kappa shape index (κ3) is 2.16. The van der Waals surface area contributed by atoms with Gasteiger partial charge in [0.15, 0.2) is 0 Å². The van der Waals surface area contributed by atoms with Gasteiger partial charge in [-0.25, -0.2) is 0 Å². The average Bonchev–Trinajstić information content (AvgIpc) is 2.41. The van der Waals surface area contributed by atoms with E-state index >= 15 is 0 Å². The highest BCUT2D eigenvalue weighted by Crippen LogP contribution is 2.35. The molecule has 0 bridgehead atoms. The van der Waals surface area contributed by atoms with E-state index in [0.29, 0.717) is 11.4 Å². The van der Waals surface area contributed by atoms with Crippen LogP contribution in [0.3, 0.4) is 0 Å². The second kappa shape index (κ2) is 4.90. The zero-order valence-corrected chi connectivity index (χ0v) is 10.8. The van der Waals surface area contributed by atoms with Gasteiger partial charge in [0, 0.05) is 11.6 Å². The van der Waals surface area contributed by atoms with E-state index in [0.717, 1.165) is 11.1 Å². The maximum absolute atomic E-state index is 13.1. The van der Waals surface area contributed by atoms with Gasteiger partial charge in [0.1, 0.15) is 18.0 Å². The first-order valence-electron chi connectivity index (χ1n) is 6.00. The number of aryl methyl sites for hydroxylation is 2. The Morgan fingerprint density at radius 1 is 1.06 bits per heavy atom. The van der Waals surface area contributed by atoms with Crippen LogP contribution in [0, 0.1) is 19.1 Å². The van der Waals surface area contributed by atoms with Crippen molar-refractivity contribution in [2.75, 3.05) is 6.67 Å². The lowest BCUT2D eigenvalue weighted by molar-refractivity contribution is 0.518. The molecule has 0 amide bonds.